The van der Waals surface area contributed by atoms with E-state index in [1.54, 1.807) is 0 Å². The summed E-state index contributed by atoms with van der Waals surface area (Å²) in [6.07, 6.45) is 1.70. The van der Waals surface area contributed by atoms with Crippen LogP contribution in [0.25, 0.3) is 0 Å². The first-order valence-corrected chi connectivity index (χ1v) is 6.77. The SMILES string of the molecule is CCNC(C)(CCCN(C)CCOCC)C(N)=O. The van der Waals surface area contributed by atoms with E-state index >= 15 is 0 Å². The van der Waals surface area contributed by atoms with Gasteiger partial charge in [0.15, 0.2) is 0 Å². The number of nitrogens with one attached hydrogen (secondary N) is 1. The van der Waals surface area contributed by atoms with Crippen molar-refractivity contribution in [2.24, 2.45) is 5.73 Å². The second-order valence-electron chi connectivity index (χ2n) is 4.83. The van der Waals surface area contributed by atoms with Crippen molar-refractivity contribution in [3.05, 3.63) is 0 Å². The highest BCUT2D eigenvalue weighted by molar-refractivity contribution is 5.84. The van der Waals surface area contributed by atoms with E-state index in [-0.39, 0.29) is 5.91 Å². The average Bonchev–Trinajstić information content (AvgIpc) is 2.29. The molecule has 0 rings (SSSR count). The molecule has 1 unspecified atom stereocenters. The lowest BCUT2D eigenvalue weighted by Gasteiger charge is -2.28. The molecule has 3 N–H and O–H groups in total. The van der Waals surface area contributed by atoms with Crippen LogP contribution in [0.3, 0.4) is 0 Å². The Morgan fingerprint density at radius 2 is 2.06 bits per heavy atom. The Hall–Kier alpha value is -0.650. The third kappa shape index (κ3) is 6.93. The highest BCUT2D eigenvalue weighted by Crippen LogP contribution is 2.12. The summed E-state index contributed by atoms with van der Waals surface area (Å²) in [7, 11) is 2.06. The first-order chi connectivity index (χ1) is 8.46. The Morgan fingerprint density at radius 3 is 2.56 bits per heavy atom. The van der Waals surface area contributed by atoms with Crippen LogP contribution in [0.5, 0.6) is 0 Å². The van der Waals surface area contributed by atoms with Crippen LogP contribution in [0, 0.1) is 0 Å². The molecule has 0 aromatic carbocycles. The highest BCUT2D eigenvalue weighted by atomic mass is 16.5. The first-order valence-electron chi connectivity index (χ1n) is 6.77. The van der Waals surface area contributed by atoms with Crippen LogP contribution >= 0.6 is 0 Å². The molecule has 0 aromatic rings. The maximum atomic E-state index is 11.4. The average molecular weight is 259 g/mol. The fourth-order valence-electron chi connectivity index (χ4n) is 1.87. The first kappa shape index (κ1) is 17.4. The van der Waals surface area contributed by atoms with Crippen LogP contribution in [-0.2, 0) is 9.53 Å². The van der Waals surface area contributed by atoms with E-state index in [9.17, 15) is 4.79 Å². The Balaban J connectivity index is 3.88. The Kier molecular flexibility index (Phi) is 8.97. The number of amides is 1. The highest BCUT2D eigenvalue weighted by Gasteiger charge is 2.29. The standard InChI is InChI=1S/C13H29N3O2/c1-5-15-13(3,12(14)17)8-7-9-16(4)10-11-18-6-2/h15H,5-11H2,1-4H3,(H2,14,17). The molecule has 0 bridgehead atoms. The number of nitrogens with zero attached hydrogens (tertiary/aromatic N) is 1. The minimum absolute atomic E-state index is 0.277. The molecule has 0 aliphatic heterocycles. The van der Waals surface area contributed by atoms with Gasteiger partial charge in [-0.25, -0.2) is 0 Å². The summed E-state index contributed by atoms with van der Waals surface area (Å²) in [4.78, 5) is 13.6. The van der Waals surface area contributed by atoms with Crippen molar-refractivity contribution in [3.63, 3.8) is 0 Å². The predicted molar refractivity (Wildman–Crippen MR) is 74.5 cm³/mol. The maximum Gasteiger partial charge on any atom is 0.237 e. The molecular formula is C13H29N3O2. The van der Waals surface area contributed by atoms with Crippen LogP contribution in [0.2, 0.25) is 0 Å². The van der Waals surface area contributed by atoms with Crippen molar-refractivity contribution in [2.45, 2.75) is 39.2 Å². The lowest BCUT2D eigenvalue weighted by Crippen LogP contribution is -2.53. The smallest absolute Gasteiger partial charge is 0.237 e. The number of nitrogens with two attached hydrogens (primary N) is 1. The summed E-state index contributed by atoms with van der Waals surface area (Å²) in [6.45, 7) is 9.98. The summed E-state index contributed by atoms with van der Waals surface area (Å²) < 4.78 is 5.30. The number of rotatable bonds is 11. The Bertz CT molecular complexity index is 236. The molecule has 108 valence electrons. The van der Waals surface area contributed by atoms with Crippen LogP contribution in [0.4, 0.5) is 0 Å². The molecule has 1 amide bonds. The molecule has 18 heavy (non-hydrogen) atoms. The summed E-state index contributed by atoms with van der Waals surface area (Å²) in [5.74, 6) is -0.277. The molecule has 5 nitrogen and oxygen atoms in total. The quantitative estimate of drug-likeness (QED) is 0.533. The van der Waals surface area contributed by atoms with E-state index in [4.69, 9.17) is 10.5 Å². The van der Waals surface area contributed by atoms with Crippen molar-refractivity contribution in [1.82, 2.24) is 10.2 Å². The number of hydrogen-bond acceptors (Lipinski definition) is 4. The van der Waals surface area contributed by atoms with Gasteiger partial charge in [0.05, 0.1) is 12.1 Å². The number of hydrogen-bond donors (Lipinski definition) is 2. The van der Waals surface area contributed by atoms with Gasteiger partial charge in [-0.2, -0.15) is 0 Å². The van der Waals surface area contributed by atoms with Gasteiger partial charge in [0, 0.05) is 13.2 Å². The summed E-state index contributed by atoms with van der Waals surface area (Å²) in [6, 6.07) is 0. The van der Waals surface area contributed by atoms with Crippen LogP contribution in [-0.4, -0.2) is 56.2 Å². The van der Waals surface area contributed by atoms with Crippen LogP contribution < -0.4 is 11.1 Å². The monoisotopic (exact) mass is 259 g/mol. The van der Waals surface area contributed by atoms with Gasteiger partial charge in [-0.1, -0.05) is 6.92 Å². The minimum atomic E-state index is -0.588. The van der Waals surface area contributed by atoms with E-state index in [0.717, 1.165) is 45.7 Å². The molecule has 0 spiro atoms. The van der Waals surface area contributed by atoms with Crippen molar-refractivity contribution in [1.29, 1.82) is 0 Å². The summed E-state index contributed by atoms with van der Waals surface area (Å²) in [5, 5.41) is 3.17. The molecule has 0 fully saturated rings. The van der Waals surface area contributed by atoms with Crippen molar-refractivity contribution in [2.75, 3.05) is 39.9 Å². The van der Waals surface area contributed by atoms with Gasteiger partial charge in [0.25, 0.3) is 0 Å². The fourth-order valence-corrected chi connectivity index (χ4v) is 1.87. The van der Waals surface area contributed by atoms with Crippen LogP contribution in [0.1, 0.15) is 33.6 Å². The molecule has 0 saturated heterocycles. The van der Waals surface area contributed by atoms with Crippen LogP contribution in [0.15, 0.2) is 0 Å². The number of carbonyl (C=O) groups excluding carboxylic acids is 1. The van der Waals surface area contributed by atoms with Gasteiger partial charge in [0.2, 0.25) is 5.91 Å². The van der Waals surface area contributed by atoms with Crippen molar-refractivity contribution in [3.8, 4) is 0 Å². The second-order valence-corrected chi connectivity index (χ2v) is 4.83. The van der Waals surface area contributed by atoms with Gasteiger partial charge in [-0.15, -0.1) is 0 Å². The molecule has 0 aromatic heterocycles. The Labute approximate surface area is 111 Å². The number of ether oxygens (including phenoxy) is 1. The lowest BCUT2D eigenvalue weighted by atomic mass is 9.95. The second kappa shape index (κ2) is 9.30. The largest absolute Gasteiger partial charge is 0.380 e. The fraction of sp³-hybridized carbons (Fsp3) is 0.923. The summed E-state index contributed by atoms with van der Waals surface area (Å²) >= 11 is 0. The van der Waals surface area contributed by atoms with Gasteiger partial charge >= 0.3 is 0 Å². The molecule has 1 atom stereocenters. The van der Waals surface area contributed by atoms with Gasteiger partial charge in [-0.05, 0) is 46.8 Å². The van der Waals surface area contributed by atoms with E-state index in [0.29, 0.717) is 0 Å². The zero-order valence-corrected chi connectivity index (χ0v) is 12.3. The third-order valence-electron chi connectivity index (χ3n) is 3.15. The van der Waals surface area contributed by atoms with E-state index < -0.39 is 5.54 Å². The van der Waals surface area contributed by atoms with E-state index in [1.165, 1.54) is 0 Å². The van der Waals surface area contributed by atoms with Crippen molar-refractivity contribution >= 4 is 5.91 Å². The lowest BCUT2D eigenvalue weighted by molar-refractivity contribution is -0.124. The number of likely N-dealkylation sites (N-methyl/N-ethyl adjacent to an activating group) is 2. The van der Waals surface area contributed by atoms with Gasteiger partial charge < -0.3 is 20.7 Å². The van der Waals surface area contributed by atoms with Gasteiger partial charge in [0.1, 0.15) is 0 Å². The minimum Gasteiger partial charge on any atom is -0.380 e. The zero-order chi connectivity index (χ0) is 14.0. The maximum absolute atomic E-state index is 11.4. The van der Waals surface area contributed by atoms with Gasteiger partial charge in [-0.3, -0.25) is 4.79 Å². The number of primary amides is 1. The molecule has 0 heterocycles. The predicted octanol–water partition coefficient (Wildman–Crippen LogP) is 0.588. The Morgan fingerprint density at radius 1 is 1.39 bits per heavy atom. The van der Waals surface area contributed by atoms with Crippen molar-refractivity contribution < 1.29 is 9.53 Å². The molecular weight excluding hydrogens is 230 g/mol. The van der Waals surface area contributed by atoms with E-state index in [1.807, 2.05) is 20.8 Å². The molecule has 0 aliphatic carbocycles. The summed E-state index contributed by atoms with van der Waals surface area (Å²) in [5.41, 5.74) is 4.85. The normalized spacial score (nSPS) is 14.7. The molecule has 0 radical (unpaired) electrons. The van der Waals surface area contributed by atoms with E-state index in [2.05, 4.69) is 17.3 Å². The topological polar surface area (TPSA) is 67.6 Å². The molecule has 0 aliphatic rings. The molecule has 0 saturated carbocycles. The third-order valence-corrected chi connectivity index (χ3v) is 3.15. The molecule has 5 heteroatoms. The zero-order valence-electron chi connectivity index (χ0n) is 12.3. The number of carbonyl (C=O) groups is 1.